The second kappa shape index (κ2) is 6.37. The Labute approximate surface area is 140 Å². The van der Waals surface area contributed by atoms with Gasteiger partial charge in [-0.3, -0.25) is 4.79 Å². The summed E-state index contributed by atoms with van der Waals surface area (Å²) in [6, 6.07) is 9.58. The van der Waals surface area contributed by atoms with Crippen LogP contribution in [0.25, 0.3) is 11.4 Å². The third-order valence-electron chi connectivity index (χ3n) is 4.18. The average Bonchev–Trinajstić information content (AvgIpc) is 3.13. The zero-order chi connectivity index (χ0) is 17.3. The van der Waals surface area contributed by atoms with E-state index in [4.69, 9.17) is 5.14 Å². The number of sulfonamides is 1. The number of rotatable bonds is 4. The Hall–Kier alpha value is -2.19. The van der Waals surface area contributed by atoms with Gasteiger partial charge in [-0.2, -0.15) is 0 Å². The molecule has 7 nitrogen and oxygen atoms in total. The number of nitrogens with zero attached hydrogens (tertiary/aromatic N) is 2. The predicted octanol–water partition coefficient (Wildman–Crippen LogP) is 1.14. The molecule has 1 atom stereocenters. The summed E-state index contributed by atoms with van der Waals surface area (Å²) in [5, 5.41) is 5.09. The van der Waals surface area contributed by atoms with E-state index in [0.717, 1.165) is 5.56 Å². The van der Waals surface area contributed by atoms with Crippen LogP contribution < -0.4 is 5.14 Å². The first-order chi connectivity index (χ1) is 11.3. The first-order valence-corrected chi connectivity index (χ1v) is 9.47. The predicted molar refractivity (Wildman–Crippen MR) is 90.7 cm³/mol. The number of likely N-dealkylation sites (tertiary alicyclic amines) is 1. The van der Waals surface area contributed by atoms with Gasteiger partial charge in [0.15, 0.2) is 0 Å². The SMILES string of the molecule is Cc1[nH]c(-c2ccccc2)nc1C(=O)N1CC[C@H](CS(N)(=O)=O)C1. The molecule has 1 aliphatic rings. The summed E-state index contributed by atoms with van der Waals surface area (Å²) in [5.41, 5.74) is 1.99. The van der Waals surface area contributed by atoms with Gasteiger partial charge < -0.3 is 9.88 Å². The molecular formula is C16H20N4O3S. The van der Waals surface area contributed by atoms with Gasteiger partial charge in [0.2, 0.25) is 10.0 Å². The molecule has 3 N–H and O–H groups in total. The van der Waals surface area contributed by atoms with Gasteiger partial charge in [-0.1, -0.05) is 30.3 Å². The van der Waals surface area contributed by atoms with Crippen molar-refractivity contribution in [3.63, 3.8) is 0 Å². The van der Waals surface area contributed by atoms with Gasteiger partial charge in [0.1, 0.15) is 11.5 Å². The number of imidazole rings is 1. The number of hydrogen-bond acceptors (Lipinski definition) is 4. The van der Waals surface area contributed by atoms with Crippen molar-refractivity contribution in [1.29, 1.82) is 0 Å². The number of aryl methyl sites for hydroxylation is 1. The molecule has 2 heterocycles. The van der Waals surface area contributed by atoms with Crippen molar-refractivity contribution in [3.8, 4) is 11.4 Å². The van der Waals surface area contributed by atoms with E-state index >= 15 is 0 Å². The summed E-state index contributed by atoms with van der Waals surface area (Å²) in [6.45, 7) is 2.72. The summed E-state index contributed by atoms with van der Waals surface area (Å²) in [6.07, 6.45) is 0.636. The molecular weight excluding hydrogens is 328 g/mol. The maximum Gasteiger partial charge on any atom is 0.274 e. The van der Waals surface area contributed by atoms with Crippen LogP contribution in [0.15, 0.2) is 30.3 Å². The van der Waals surface area contributed by atoms with Crippen LogP contribution in [0.5, 0.6) is 0 Å². The van der Waals surface area contributed by atoms with Crippen molar-refractivity contribution in [3.05, 3.63) is 41.7 Å². The maximum absolute atomic E-state index is 12.7. The quantitative estimate of drug-likeness (QED) is 0.863. The van der Waals surface area contributed by atoms with E-state index in [1.165, 1.54) is 0 Å². The van der Waals surface area contributed by atoms with Gasteiger partial charge in [0.05, 0.1) is 5.75 Å². The highest BCUT2D eigenvalue weighted by molar-refractivity contribution is 7.89. The van der Waals surface area contributed by atoms with Crippen LogP contribution in [0.1, 0.15) is 22.6 Å². The number of aromatic nitrogens is 2. The number of primary sulfonamides is 1. The van der Waals surface area contributed by atoms with Crippen LogP contribution in [-0.2, 0) is 10.0 Å². The van der Waals surface area contributed by atoms with Crippen molar-refractivity contribution >= 4 is 15.9 Å². The number of amides is 1. The molecule has 8 heteroatoms. The normalized spacial score (nSPS) is 18.1. The summed E-state index contributed by atoms with van der Waals surface area (Å²) in [7, 11) is -3.52. The van der Waals surface area contributed by atoms with E-state index in [9.17, 15) is 13.2 Å². The monoisotopic (exact) mass is 348 g/mol. The minimum atomic E-state index is -3.52. The van der Waals surface area contributed by atoms with Crippen LogP contribution in [0.2, 0.25) is 0 Å². The summed E-state index contributed by atoms with van der Waals surface area (Å²) in [4.78, 5) is 21.9. The third-order valence-corrected chi connectivity index (χ3v) is 5.11. The van der Waals surface area contributed by atoms with Gasteiger partial charge in [0, 0.05) is 24.3 Å². The topological polar surface area (TPSA) is 109 Å². The number of benzene rings is 1. The molecule has 1 aliphatic heterocycles. The van der Waals surface area contributed by atoms with E-state index in [-0.39, 0.29) is 17.6 Å². The summed E-state index contributed by atoms with van der Waals surface area (Å²) < 4.78 is 22.4. The Kier molecular flexibility index (Phi) is 4.42. The molecule has 0 saturated carbocycles. The lowest BCUT2D eigenvalue weighted by atomic mass is 10.2. The number of hydrogen-bond donors (Lipinski definition) is 2. The van der Waals surface area contributed by atoms with E-state index in [0.29, 0.717) is 36.7 Å². The molecule has 1 aromatic heterocycles. The molecule has 0 bridgehead atoms. The van der Waals surface area contributed by atoms with Crippen molar-refractivity contribution in [1.82, 2.24) is 14.9 Å². The molecule has 1 saturated heterocycles. The fourth-order valence-electron chi connectivity index (χ4n) is 3.03. The molecule has 1 fully saturated rings. The highest BCUT2D eigenvalue weighted by atomic mass is 32.2. The van der Waals surface area contributed by atoms with E-state index < -0.39 is 10.0 Å². The second-order valence-electron chi connectivity index (χ2n) is 6.16. The largest absolute Gasteiger partial charge is 0.341 e. The molecule has 0 unspecified atom stereocenters. The smallest absolute Gasteiger partial charge is 0.274 e. The third kappa shape index (κ3) is 3.65. The van der Waals surface area contributed by atoms with Crippen LogP contribution in [0.4, 0.5) is 0 Å². The maximum atomic E-state index is 12.7. The molecule has 1 amide bonds. The average molecular weight is 348 g/mol. The fraction of sp³-hybridized carbons (Fsp3) is 0.375. The molecule has 1 aromatic carbocycles. The summed E-state index contributed by atoms with van der Waals surface area (Å²) >= 11 is 0. The minimum absolute atomic E-state index is 0.0917. The van der Waals surface area contributed by atoms with E-state index in [2.05, 4.69) is 9.97 Å². The lowest BCUT2D eigenvalue weighted by Gasteiger charge is -2.15. The lowest BCUT2D eigenvalue weighted by Crippen LogP contribution is -2.31. The van der Waals surface area contributed by atoms with Crippen LogP contribution in [0, 0.1) is 12.8 Å². The van der Waals surface area contributed by atoms with Gasteiger partial charge in [-0.25, -0.2) is 18.5 Å². The van der Waals surface area contributed by atoms with Crippen LogP contribution >= 0.6 is 0 Å². The minimum Gasteiger partial charge on any atom is -0.341 e. The van der Waals surface area contributed by atoms with Crippen molar-refractivity contribution in [2.45, 2.75) is 13.3 Å². The van der Waals surface area contributed by atoms with Crippen molar-refractivity contribution < 1.29 is 13.2 Å². The van der Waals surface area contributed by atoms with Gasteiger partial charge >= 0.3 is 0 Å². The Morgan fingerprint density at radius 2 is 2.08 bits per heavy atom. The number of H-pyrrole nitrogens is 1. The van der Waals surface area contributed by atoms with Crippen LogP contribution in [0.3, 0.4) is 0 Å². The molecule has 24 heavy (non-hydrogen) atoms. The van der Waals surface area contributed by atoms with Gasteiger partial charge in [0.25, 0.3) is 5.91 Å². The van der Waals surface area contributed by atoms with E-state index in [1.807, 2.05) is 37.3 Å². The Bertz CT molecular complexity index is 845. The van der Waals surface area contributed by atoms with Gasteiger partial charge in [-0.05, 0) is 19.3 Å². The zero-order valence-electron chi connectivity index (χ0n) is 13.4. The molecule has 0 spiro atoms. The molecule has 3 rings (SSSR count). The fourth-order valence-corrected chi connectivity index (χ4v) is 3.96. The van der Waals surface area contributed by atoms with Crippen molar-refractivity contribution in [2.75, 3.05) is 18.8 Å². The number of nitrogens with two attached hydrogens (primary N) is 1. The Morgan fingerprint density at radius 1 is 1.38 bits per heavy atom. The number of aromatic amines is 1. The van der Waals surface area contributed by atoms with E-state index in [1.54, 1.807) is 4.90 Å². The highest BCUT2D eigenvalue weighted by Crippen LogP contribution is 2.22. The molecule has 2 aromatic rings. The van der Waals surface area contributed by atoms with Gasteiger partial charge in [-0.15, -0.1) is 0 Å². The lowest BCUT2D eigenvalue weighted by molar-refractivity contribution is 0.0782. The number of carbonyl (C=O) groups excluding carboxylic acids is 1. The highest BCUT2D eigenvalue weighted by Gasteiger charge is 2.31. The number of nitrogens with one attached hydrogen (secondary N) is 1. The molecule has 128 valence electrons. The zero-order valence-corrected chi connectivity index (χ0v) is 14.2. The van der Waals surface area contributed by atoms with Crippen molar-refractivity contribution in [2.24, 2.45) is 11.1 Å². The first-order valence-electron chi connectivity index (χ1n) is 7.75. The van der Waals surface area contributed by atoms with Crippen LogP contribution in [-0.4, -0.2) is 48.0 Å². The first kappa shape index (κ1) is 16.7. The summed E-state index contributed by atoms with van der Waals surface area (Å²) in [5.74, 6) is 0.266. The Morgan fingerprint density at radius 3 is 2.75 bits per heavy atom. The molecule has 0 radical (unpaired) electrons. The second-order valence-corrected chi connectivity index (χ2v) is 7.82. The number of carbonyl (C=O) groups is 1. The molecule has 0 aliphatic carbocycles. The Balaban J connectivity index is 1.76. The standard InChI is InChI=1S/C16H20N4O3S/c1-11-14(19-15(18-11)13-5-3-2-4-6-13)16(21)20-8-7-12(9-20)10-24(17,22)23/h2-6,12H,7-10H2,1H3,(H,18,19)(H2,17,22,23)/t12-/m0/s1.